The predicted molar refractivity (Wildman–Crippen MR) is 110 cm³/mol. The number of carbonyl (C=O) groups excluding carboxylic acids is 1. The second kappa shape index (κ2) is 7.44. The lowest BCUT2D eigenvalue weighted by Crippen LogP contribution is -2.45. The smallest absolute Gasteiger partial charge is 0.327 e. The molecule has 1 aliphatic heterocycles. The number of piperidine rings is 1. The normalized spacial score (nSPS) is 19.5. The monoisotopic (exact) mass is 415 g/mol. The second-order valence-corrected chi connectivity index (χ2v) is 7.71. The number of ether oxygens (including phenoxy) is 1. The minimum Gasteiger partial charge on any atom is -0.495 e. The molecule has 9 heteroatoms. The third kappa shape index (κ3) is 3.44. The van der Waals surface area contributed by atoms with Crippen molar-refractivity contribution in [3.05, 3.63) is 57.1 Å². The van der Waals surface area contributed by atoms with Crippen molar-refractivity contribution in [1.29, 1.82) is 0 Å². The van der Waals surface area contributed by atoms with E-state index in [-0.39, 0.29) is 17.8 Å². The largest absolute Gasteiger partial charge is 0.495 e. The molecule has 2 amide bonds. The van der Waals surface area contributed by atoms with E-state index in [9.17, 15) is 9.59 Å². The highest BCUT2D eigenvalue weighted by Gasteiger charge is 2.34. The first-order chi connectivity index (χ1) is 13.9. The lowest BCUT2D eigenvalue weighted by atomic mass is 9.91. The fourth-order valence-electron chi connectivity index (χ4n) is 4.11. The molecule has 2 unspecified atom stereocenters. The van der Waals surface area contributed by atoms with Crippen LogP contribution in [0.25, 0.3) is 11.2 Å². The number of benzene rings is 1. The zero-order chi connectivity index (χ0) is 20.7. The Morgan fingerprint density at radius 1 is 1.38 bits per heavy atom. The first-order valence-electron chi connectivity index (χ1n) is 9.35. The fourth-order valence-corrected chi connectivity index (χ4v) is 4.37. The second-order valence-electron chi connectivity index (χ2n) is 7.30. The highest BCUT2D eigenvalue weighted by molar-refractivity contribution is 6.32. The molecule has 2 aromatic heterocycles. The SMILES string of the molecule is COc1ccc(C2CC(n3c(=O)[nH]c4cc(C)cnc43)CCN2C(N)=O)cc1Cl. The number of aromatic nitrogens is 3. The number of aryl methyl sites for hydroxylation is 1. The van der Waals surface area contributed by atoms with Gasteiger partial charge in [0.05, 0.1) is 23.7 Å². The number of urea groups is 1. The number of halogens is 1. The number of fused-ring (bicyclic) bond motifs is 1. The van der Waals surface area contributed by atoms with Crippen LogP contribution in [0.1, 0.15) is 36.1 Å². The van der Waals surface area contributed by atoms with Crippen LogP contribution in [0.2, 0.25) is 5.02 Å². The molecule has 1 fully saturated rings. The van der Waals surface area contributed by atoms with Crippen molar-refractivity contribution in [2.75, 3.05) is 13.7 Å². The van der Waals surface area contributed by atoms with E-state index in [1.165, 1.54) is 0 Å². The first-order valence-corrected chi connectivity index (χ1v) is 9.73. The molecule has 0 saturated carbocycles. The van der Waals surface area contributed by atoms with Gasteiger partial charge in [0.25, 0.3) is 0 Å². The number of methoxy groups -OCH3 is 1. The molecule has 3 heterocycles. The van der Waals surface area contributed by atoms with Crippen molar-refractivity contribution < 1.29 is 9.53 Å². The molecule has 8 nitrogen and oxygen atoms in total. The molecule has 3 N–H and O–H groups in total. The molecule has 1 aromatic carbocycles. The highest BCUT2D eigenvalue weighted by Crippen LogP contribution is 2.39. The number of pyridine rings is 1. The van der Waals surface area contributed by atoms with Crippen LogP contribution in [0.3, 0.4) is 0 Å². The number of carbonyl (C=O) groups is 1. The van der Waals surface area contributed by atoms with Gasteiger partial charge in [-0.05, 0) is 49.1 Å². The number of hydrogen-bond acceptors (Lipinski definition) is 4. The number of imidazole rings is 1. The van der Waals surface area contributed by atoms with Crippen LogP contribution in [0, 0.1) is 6.92 Å². The predicted octanol–water partition coefficient (Wildman–Crippen LogP) is 3.15. The Hall–Kier alpha value is -3.00. The van der Waals surface area contributed by atoms with E-state index >= 15 is 0 Å². The zero-order valence-electron chi connectivity index (χ0n) is 16.2. The van der Waals surface area contributed by atoms with Gasteiger partial charge in [-0.1, -0.05) is 17.7 Å². The number of primary amides is 1. The van der Waals surface area contributed by atoms with Crippen LogP contribution in [-0.2, 0) is 0 Å². The summed E-state index contributed by atoms with van der Waals surface area (Å²) in [5.41, 5.74) is 8.56. The average molecular weight is 416 g/mol. The Bertz CT molecular complexity index is 1140. The third-order valence-corrected chi connectivity index (χ3v) is 5.77. The maximum absolute atomic E-state index is 12.7. The van der Waals surface area contributed by atoms with Crippen LogP contribution in [-0.4, -0.2) is 39.1 Å². The summed E-state index contributed by atoms with van der Waals surface area (Å²) in [4.78, 5) is 33.7. The first kappa shape index (κ1) is 19.3. The molecular weight excluding hydrogens is 394 g/mol. The van der Waals surface area contributed by atoms with Gasteiger partial charge >= 0.3 is 11.7 Å². The molecule has 0 aliphatic carbocycles. The van der Waals surface area contributed by atoms with Gasteiger partial charge in [-0.15, -0.1) is 0 Å². The molecule has 2 atom stereocenters. The van der Waals surface area contributed by atoms with Crippen molar-refractivity contribution in [2.24, 2.45) is 5.73 Å². The summed E-state index contributed by atoms with van der Waals surface area (Å²) in [6.07, 6.45) is 2.87. The number of nitrogens with two attached hydrogens (primary N) is 1. The van der Waals surface area contributed by atoms with Crippen molar-refractivity contribution >= 4 is 28.8 Å². The average Bonchev–Trinajstić information content (AvgIpc) is 3.02. The Labute approximate surface area is 172 Å². The summed E-state index contributed by atoms with van der Waals surface area (Å²) in [7, 11) is 1.55. The third-order valence-electron chi connectivity index (χ3n) is 5.48. The molecule has 1 saturated heterocycles. The number of hydrogen-bond donors (Lipinski definition) is 2. The molecule has 0 radical (unpaired) electrons. The standard InChI is InChI=1S/C20H22ClN5O3/c1-11-7-15-18(23-10-11)26(20(28)24-15)13-5-6-25(19(22)27)16(9-13)12-3-4-17(29-2)14(21)8-12/h3-4,7-8,10,13,16H,5-6,9H2,1-2H3,(H2,22,27)(H,24,28). The molecule has 152 valence electrons. The van der Waals surface area contributed by atoms with Gasteiger partial charge in [0, 0.05) is 18.8 Å². The Kier molecular flexibility index (Phi) is 4.96. The number of nitrogens with zero attached hydrogens (tertiary/aromatic N) is 3. The van der Waals surface area contributed by atoms with E-state index < -0.39 is 6.03 Å². The Morgan fingerprint density at radius 3 is 2.86 bits per heavy atom. The minimum absolute atomic E-state index is 0.132. The summed E-state index contributed by atoms with van der Waals surface area (Å²) in [6, 6.07) is 6.38. The van der Waals surface area contributed by atoms with E-state index in [2.05, 4.69) is 9.97 Å². The van der Waals surface area contributed by atoms with Gasteiger partial charge in [0.15, 0.2) is 5.65 Å². The molecule has 29 heavy (non-hydrogen) atoms. The highest BCUT2D eigenvalue weighted by atomic mass is 35.5. The van der Waals surface area contributed by atoms with E-state index in [1.807, 2.05) is 19.1 Å². The van der Waals surface area contributed by atoms with E-state index in [0.29, 0.717) is 41.3 Å². The fraction of sp³-hybridized carbons (Fsp3) is 0.350. The van der Waals surface area contributed by atoms with Gasteiger partial charge in [-0.25, -0.2) is 14.6 Å². The lowest BCUT2D eigenvalue weighted by Gasteiger charge is -2.39. The van der Waals surface area contributed by atoms with Crippen molar-refractivity contribution in [3.63, 3.8) is 0 Å². The van der Waals surface area contributed by atoms with Gasteiger partial charge in [-0.3, -0.25) is 4.57 Å². The van der Waals surface area contributed by atoms with Gasteiger partial charge < -0.3 is 20.4 Å². The number of amides is 2. The Balaban J connectivity index is 1.74. The van der Waals surface area contributed by atoms with Crippen LogP contribution in [0.4, 0.5) is 4.79 Å². The quantitative estimate of drug-likeness (QED) is 0.685. The van der Waals surface area contributed by atoms with E-state index in [4.69, 9.17) is 22.1 Å². The Morgan fingerprint density at radius 2 is 2.17 bits per heavy atom. The molecule has 3 aromatic rings. The summed E-state index contributed by atoms with van der Waals surface area (Å²) in [6.45, 7) is 2.36. The van der Waals surface area contributed by atoms with Crippen molar-refractivity contribution in [1.82, 2.24) is 19.4 Å². The van der Waals surface area contributed by atoms with Crippen molar-refractivity contribution in [2.45, 2.75) is 31.8 Å². The van der Waals surface area contributed by atoms with E-state index in [0.717, 1.165) is 11.1 Å². The molecule has 1 aliphatic rings. The van der Waals surface area contributed by atoms with Gasteiger partial charge in [0.1, 0.15) is 5.75 Å². The maximum atomic E-state index is 12.7. The van der Waals surface area contributed by atoms with E-state index in [1.54, 1.807) is 34.9 Å². The summed E-state index contributed by atoms with van der Waals surface area (Å²) in [5.74, 6) is 0.556. The number of nitrogens with one attached hydrogen (secondary N) is 1. The van der Waals surface area contributed by atoms with Crippen molar-refractivity contribution in [3.8, 4) is 5.75 Å². The van der Waals surface area contributed by atoms with Crippen LogP contribution >= 0.6 is 11.6 Å². The van der Waals surface area contributed by atoms with Gasteiger partial charge in [-0.2, -0.15) is 0 Å². The van der Waals surface area contributed by atoms with Crippen LogP contribution in [0.15, 0.2) is 35.3 Å². The zero-order valence-corrected chi connectivity index (χ0v) is 16.9. The molecule has 0 bridgehead atoms. The summed E-state index contributed by atoms with van der Waals surface area (Å²) >= 11 is 6.30. The summed E-state index contributed by atoms with van der Waals surface area (Å²) < 4.78 is 6.91. The maximum Gasteiger partial charge on any atom is 0.327 e. The topological polar surface area (TPSA) is 106 Å². The molecule has 4 rings (SSSR count). The van der Waals surface area contributed by atoms with Gasteiger partial charge in [0.2, 0.25) is 0 Å². The summed E-state index contributed by atoms with van der Waals surface area (Å²) in [5, 5.41) is 0.456. The lowest BCUT2D eigenvalue weighted by molar-refractivity contribution is 0.136. The van der Waals surface area contributed by atoms with Crippen LogP contribution in [0.5, 0.6) is 5.75 Å². The minimum atomic E-state index is -0.500. The number of aromatic amines is 1. The number of rotatable bonds is 3. The number of likely N-dealkylation sites (tertiary alicyclic amines) is 1. The molecular formula is C20H22ClN5O3. The van der Waals surface area contributed by atoms with Crippen LogP contribution < -0.4 is 16.2 Å². The number of H-pyrrole nitrogens is 1. The molecule has 0 spiro atoms.